The molecule has 1 aromatic heterocycles. The lowest BCUT2D eigenvalue weighted by Crippen LogP contribution is -2.42. The summed E-state index contributed by atoms with van der Waals surface area (Å²) in [5.41, 5.74) is 1.90. The van der Waals surface area contributed by atoms with Gasteiger partial charge in [-0.2, -0.15) is 0 Å². The van der Waals surface area contributed by atoms with Gasteiger partial charge in [0.1, 0.15) is 18.1 Å². The molecule has 7 heteroatoms. The molecule has 1 amide bonds. The topological polar surface area (TPSA) is 59.5 Å². The van der Waals surface area contributed by atoms with Crippen LogP contribution >= 0.6 is 11.6 Å². The number of ketones is 1. The number of amides is 1. The molecule has 1 aliphatic carbocycles. The number of aryl methyl sites for hydroxylation is 1. The van der Waals surface area contributed by atoms with E-state index in [1.165, 1.54) is 4.90 Å². The van der Waals surface area contributed by atoms with Crippen molar-refractivity contribution in [2.45, 2.75) is 44.5 Å². The summed E-state index contributed by atoms with van der Waals surface area (Å²) in [5, 5.41) is 0.495. The van der Waals surface area contributed by atoms with Gasteiger partial charge in [-0.05, 0) is 61.6 Å². The maximum atomic E-state index is 14.1. The molecule has 3 aliphatic rings. The monoisotopic (exact) mass is 426 g/mol. The molecule has 3 heterocycles. The van der Waals surface area contributed by atoms with Gasteiger partial charge in [-0.25, -0.2) is 9.37 Å². The van der Waals surface area contributed by atoms with Gasteiger partial charge in [-0.1, -0.05) is 23.7 Å². The minimum atomic E-state index is -1.03. The van der Waals surface area contributed by atoms with Crippen molar-refractivity contribution in [3.8, 4) is 0 Å². The molecule has 1 aromatic carbocycles. The standard InChI is InChI=1S/C23H20ClFN2O3/c1-12-7-8-26-18(9-12)27-20(13-3-2-4-14(24)10-13)19-21(28)16-11-15(25)5-6-17(16)30-22(19)23(27)29/h2-4,7-10,15-17,20H,5-6,11H2,1H3. The van der Waals surface area contributed by atoms with Gasteiger partial charge in [0, 0.05) is 11.2 Å². The summed E-state index contributed by atoms with van der Waals surface area (Å²) in [5.74, 6) is -0.694. The quantitative estimate of drug-likeness (QED) is 0.709. The second-order valence-corrected chi connectivity index (χ2v) is 8.54. The van der Waals surface area contributed by atoms with Gasteiger partial charge in [0.15, 0.2) is 11.5 Å². The molecule has 2 aromatic rings. The summed E-state index contributed by atoms with van der Waals surface area (Å²) in [6.07, 6.45) is 1.02. The largest absolute Gasteiger partial charge is 0.483 e. The van der Waals surface area contributed by atoms with Crippen molar-refractivity contribution < 1.29 is 18.7 Å². The molecule has 2 aliphatic heterocycles. The van der Waals surface area contributed by atoms with Gasteiger partial charge in [-0.15, -0.1) is 0 Å². The van der Waals surface area contributed by atoms with Crippen molar-refractivity contribution in [2.24, 2.45) is 5.92 Å². The van der Waals surface area contributed by atoms with Crippen LogP contribution in [0.5, 0.6) is 0 Å². The van der Waals surface area contributed by atoms with Crippen LogP contribution in [0.2, 0.25) is 5.02 Å². The average Bonchev–Trinajstić information content (AvgIpc) is 3.01. The predicted molar refractivity (Wildman–Crippen MR) is 110 cm³/mol. The summed E-state index contributed by atoms with van der Waals surface area (Å²) in [6, 6.07) is 9.98. The van der Waals surface area contributed by atoms with Crippen LogP contribution in [0.25, 0.3) is 0 Å². The van der Waals surface area contributed by atoms with Crippen LogP contribution in [0.3, 0.4) is 0 Å². The van der Waals surface area contributed by atoms with Gasteiger partial charge >= 0.3 is 0 Å². The molecule has 0 radical (unpaired) electrons. The first-order chi connectivity index (χ1) is 14.4. The Bertz CT molecular complexity index is 1090. The van der Waals surface area contributed by atoms with Crippen LogP contribution in [0.4, 0.5) is 10.2 Å². The normalized spacial score (nSPS) is 28.3. The molecule has 154 valence electrons. The van der Waals surface area contributed by atoms with E-state index in [1.807, 2.05) is 19.1 Å². The molecular weight excluding hydrogens is 407 g/mol. The second kappa shape index (κ2) is 7.20. The lowest BCUT2D eigenvalue weighted by atomic mass is 9.77. The van der Waals surface area contributed by atoms with E-state index in [9.17, 15) is 14.0 Å². The Labute approximate surface area is 178 Å². The molecule has 1 fully saturated rings. The number of halogens is 2. The summed E-state index contributed by atoms with van der Waals surface area (Å²) >= 11 is 6.22. The fourth-order valence-electron chi connectivity index (χ4n) is 4.70. The van der Waals surface area contributed by atoms with E-state index in [4.69, 9.17) is 16.3 Å². The van der Waals surface area contributed by atoms with E-state index in [0.29, 0.717) is 29.2 Å². The first-order valence-electron chi connectivity index (χ1n) is 10.0. The predicted octanol–water partition coefficient (Wildman–Crippen LogP) is 4.49. The number of benzene rings is 1. The van der Waals surface area contributed by atoms with Gasteiger partial charge in [0.05, 0.1) is 17.5 Å². The Balaban J connectivity index is 1.66. The van der Waals surface area contributed by atoms with Gasteiger partial charge in [-0.3, -0.25) is 14.5 Å². The molecule has 0 saturated heterocycles. The summed E-state index contributed by atoms with van der Waals surface area (Å²) in [4.78, 5) is 32.8. The number of hydrogen-bond donors (Lipinski definition) is 0. The molecular formula is C23H20ClFN2O3. The molecule has 0 N–H and O–H groups in total. The molecule has 4 atom stereocenters. The van der Waals surface area contributed by atoms with Crippen molar-refractivity contribution in [1.82, 2.24) is 4.98 Å². The maximum Gasteiger partial charge on any atom is 0.295 e. The third-order valence-electron chi connectivity index (χ3n) is 6.10. The van der Waals surface area contributed by atoms with Crippen molar-refractivity contribution in [3.05, 3.63) is 70.1 Å². The molecule has 1 saturated carbocycles. The zero-order valence-corrected chi connectivity index (χ0v) is 17.1. The first-order valence-corrected chi connectivity index (χ1v) is 10.4. The zero-order valence-electron chi connectivity index (χ0n) is 16.3. The van der Waals surface area contributed by atoms with E-state index < -0.39 is 30.1 Å². The number of pyridine rings is 1. The SMILES string of the molecule is Cc1ccnc(N2C(=O)C3=C(C(=O)C4CC(F)CCC4O3)C2c2cccc(Cl)c2)c1. The number of alkyl halides is 1. The van der Waals surface area contributed by atoms with Crippen molar-refractivity contribution in [1.29, 1.82) is 0 Å². The molecule has 5 nitrogen and oxygen atoms in total. The van der Waals surface area contributed by atoms with Crippen LogP contribution in [0, 0.1) is 12.8 Å². The summed E-state index contributed by atoms with van der Waals surface area (Å²) < 4.78 is 20.1. The maximum absolute atomic E-state index is 14.1. The number of rotatable bonds is 2. The number of Topliss-reactive ketones (excluding diaryl/α,β-unsaturated/α-hetero) is 1. The van der Waals surface area contributed by atoms with E-state index in [-0.39, 0.29) is 23.5 Å². The Hall–Kier alpha value is -2.73. The van der Waals surface area contributed by atoms with Gasteiger partial charge < -0.3 is 4.74 Å². The average molecular weight is 427 g/mol. The minimum absolute atomic E-state index is 0.0619. The number of carbonyl (C=O) groups is 2. The van der Waals surface area contributed by atoms with E-state index >= 15 is 0 Å². The number of fused-ring (bicyclic) bond motifs is 1. The highest BCUT2D eigenvalue weighted by Crippen LogP contribution is 2.48. The summed E-state index contributed by atoms with van der Waals surface area (Å²) in [6.45, 7) is 1.91. The van der Waals surface area contributed by atoms with Crippen LogP contribution in [0.15, 0.2) is 53.9 Å². The van der Waals surface area contributed by atoms with Crippen LogP contribution < -0.4 is 4.90 Å². The Morgan fingerprint density at radius 1 is 1.20 bits per heavy atom. The number of nitrogens with zero attached hydrogens (tertiary/aromatic N) is 2. The number of hydrogen-bond acceptors (Lipinski definition) is 4. The third-order valence-corrected chi connectivity index (χ3v) is 6.33. The number of ether oxygens (including phenoxy) is 1. The number of carbonyl (C=O) groups excluding carboxylic acids is 2. The van der Waals surface area contributed by atoms with Crippen LogP contribution in [-0.2, 0) is 14.3 Å². The number of aromatic nitrogens is 1. The van der Waals surface area contributed by atoms with Crippen LogP contribution in [-0.4, -0.2) is 29.0 Å². The molecule has 5 rings (SSSR count). The smallest absolute Gasteiger partial charge is 0.295 e. The van der Waals surface area contributed by atoms with Crippen molar-refractivity contribution in [3.63, 3.8) is 0 Å². The third kappa shape index (κ3) is 3.01. The molecule has 0 spiro atoms. The minimum Gasteiger partial charge on any atom is -0.483 e. The summed E-state index contributed by atoms with van der Waals surface area (Å²) in [7, 11) is 0. The Morgan fingerprint density at radius 2 is 2.03 bits per heavy atom. The molecule has 4 unspecified atom stereocenters. The fourth-order valence-corrected chi connectivity index (χ4v) is 4.89. The van der Waals surface area contributed by atoms with E-state index in [0.717, 1.165) is 5.56 Å². The molecule has 30 heavy (non-hydrogen) atoms. The highest BCUT2D eigenvalue weighted by atomic mass is 35.5. The first kappa shape index (κ1) is 19.2. The zero-order chi connectivity index (χ0) is 21.0. The van der Waals surface area contributed by atoms with Crippen molar-refractivity contribution >= 4 is 29.1 Å². The lowest BCUT2D eigenvalue weighted by Gasteiger charge is -2.36. The van der Waals surface area contributed by atoms with Gasteiger partial charge in [0.2, 0.25) is 0 Å². The van der Waals surface area contributed by atoms with Crippen molar-refractivity contribution in [2.75, 3.05) is 4.90 Å². The van der Waals surface area contributed by atoms with Crippen LogP contribution in [0.1, 0.15) is 36.4 Å². The fraction of sp³-hybridized carbons (Fsp3) is 0.348. The Morgan fingerprint density at radius 3 is 2.80 bits per heavy atom. The van der Waals surface area contributed by atoms with E-state index in [1.54, 1.807) is 30.5 Å². The number of anilines is 1. The molecule has 0 bridgehead atoms. The highest BCUT2D eigenvalue weighted by Gasteiger charge is 2.53. The van der Waals surface area contributed by atoms with E-state index in [2.05, 4.69) is 4.98 Å². The highest BCUT2D eigenvalue weighted by molar-refractivity contribution is 6.30. The lowest BCUT2D eigenvalue weighted by molar-refractivity contribution is -0.133. The Kier molecular flexibility index (Phi) is 4.62. The van der Waals surface area contributed by atoms with Gasteiger partial charge in [0.25, 0.3) is 5.91 Å². The second-order valence-electron chi connectivity index (χ2n) is 8.10.